The quantitative estimate of drug-likeness (QED) is 0.496. The molecule has 0 saturated carbocycles. The van der Waals surface area contributed by atoms with E-state index in [0.717, 1.165) is 44.6 Å². The molecule has 1 saturated heterocycles. The van der Waals surface area contributed by atoms with Gasteiger partial charge < -0.3 is 5.32 Å². The number of carbonyl (C=O) groups excluding carboxylic acids is 1. The number of thiophene rings is 1. The van der Waals surface area contributed by atoms with Gasteiger partial charge in [0.25, 0.3) is 15.9 Å². The van der Waals surface area contributed by atoms with E-state index >= 15 is 0 Å². The van der Waals surface area contributed by atoms with Crippen molar-refractivity contribution < 1.29 is 17.6 Å². The first-order valence-electron chi connectivity index (χ1n) is 10.8. The third-order valence-corrected chi connectivity index (χ3v) is 7.90. The van der Waals surface area contributed by atoms with Crippen LogP contribution in [0.2, 0.25) is 0 Å². The number of hydrogen-bond acceptors (Lipinski definition) is 5. The highest BCUT2D eigenvalue weighted by Crippen LogP contribution is 2.21. The average Bonchev–Trinajstić information content (AvgIpc) is 3.31. The molecule has 1 fully saturated rings. The van der Waals surface area contributed by atoms with Crippen molar-refractivity contribution in [2.75, 3.05) is 24.4 Å². The molecule has 0 spiro atoms. The van der Waals surface area contributed by atoms with Gasteiger partial charge >= 0.3 is 0 Å². The first kappa shape index (κ1) is 23.4. The summed E-state index contributed by atoms with van der Waals surface area (Å²) in [4.78, 5) is 16.3. The Morgan fingerprint density at radius 1 is 1.09 bits per heavy atom. The molecule has 1 aliphatic rings. The molecule has 33 heavy (non-hydrogen) atoms. The number of amides is 1. The number of benzene rings is 2. The lowest BCUT2D eigenvalue weighted by molar-refractivity contribution is 0.0931. The molecular weight excluding hydrogens is 461 g/mol. The number of carbonyl (C=O) groups is 1. The Balaban J connectivity index is 1.29. The van der Waals surface area contributed by atoms with Gasteiger partial charge in [0.2, 0.25) is 0 Å². The Hall–Kier alpha value is -2.75. The summed E-state index contributed by atoms with van der Waals surface area (Å²) in [6.45, 7) is 3.61. The van der Waals surface area contributed by atoms with E-state index in [9.17, 15) is 17.6 Å². The van der Waals surface area contributed by atoms with Gasteiger partial charge in [0.15, 0.2) is 0 Å². The van der Waals surface area contributed by atoms with Crippen molar-refractivity contribution >= 4 is 33.0 Å². The molecule has 1 aromatic heterocycles. The van der Waals surface area contributed by atoms with E-state index in [0.29, 0.717) is 23.7 Å². The van der Waals surface area contributed by atoms with E-state index < -0.39 is 15.8 Å². The Labute approximate surface area is 197 Å². The zero-order valence-electron chi connectivity index (χ0n) is 18.0. The fourth-order valence-corrected chi connectivity index (χ4v) is 5.75. The number of sulfonamides is 1. The first-order chi connectivity index (χ1) is 15.9. The molecule has 1 unspecified atom stereocenters. The summed E-state index contributed by atoms with van der Waals surface area (Å²) >= 11 is 1.77. The molecule has 1 amide bonds. The summed E-state index contributed by atoms with van der Waals surface area (Å²) in [6.07, 6.45) is 2.21. The summed E-state index contributed by atoms with van der Waals surface area (Å²) in [5.41, 5.74) is 0.790. The van der Waals surface area contributed by atoms with Gasteiger partial charge in [0.1, 0.15) is 5.82 Å². The Kier molecular flexibility index (Phi) is 7.42. The van der Waals surface area contributed by atoms with Crippen molar-refractivity contribution in [3.63, 3.8) is 0 Å². The van der Waals surface area contributed by atoms with E-state index in [1.807, 2.05) is 0 Å². The fourth-order valence-electron chi connectivity index (χ4n) is 3.94. The third-order valence-electron chi connectivity index (χ3n) is 5.64. The van der Waals surface area contributed by atoms with Gasteiger partial charge in [0, 0.05) is 35.8 Å². The highest BCUT2D eigenvalue weighted by atomic mass is 32.2. The molecule has 4 rings (SSSR count). The first-order valence-corrected chi connectivity index (χ1v) is 13.2. The van der Waals surface area contributed by atoms with Crippen molar-refractivity contribution in [1.82, 2.24) is 10.2 Å². The minimum Gasteiger partial charge on any atom is -0.352 e. The Morgan fingerprint density at radius 3 is 2.55 bits per heavy atom. The van der Waals surface area contributed by atoms with E-state index in [1.165, 1.54) is 17.0 Å². The molecule has 1 aliphatic heterocycles. The number of nitrogens with one attached hydrogen (secondary N) is 2. The Morgan fingerprint density at radius 2 is 1.85 bits per heavy atom. The smallest absolute Gasteiger partial charge is 0.261 e. The van der Waals surface area contributed by atoms with Crippen LogP contribution >= 0.6 is 11.3 Å². The van der Waals surface area contributed by atoms with Crippen molar-refractivity contribution in [3.8, 4) is 0 Å². The molecule has 0 aliphatic carbocycles. The van der Waals surface area contributed by atoms with Crippen molar-refractivity contribution in [2.45, 2.75) is 24.3 Å². The second-order valence-electron chi connectivity index (χ2n) is 8.17. The van der Waals surface area contributed by atoms with Crippen LogP contribution in [0.25, 0.3) is 0 Å². The minimum absolute atomic E-state index is 0.0358. The average molecular weight is 488 g/mol. The lowest BCUT2D eigenvalue weighted by atomic mass is 9.98. The fraction of sp³-hybridized carbons (Fsp3) is 0.292. The summed E-state index contributed by atoms with van der Waals surface area (Å²) in [7, 11) is -3.83. The van der Waals surface area contributed by atoms with Gasteiger partial charge in [0.05, 0.1) is 4.90 Å². The zero-order chi connectivity index (χ0) is 23.3. The Bertz CT molecular complexity index is 1160. The van der Waals surface area contributed by atoms with E-state index in [-0.39, 0.29) is 10.8 Å². The summed E-state index contributed by atoms with van der Waals surface area (Å²) in [5.74, 6) is -0.282. The predicted octanol–water partition coefficient (Wildman–Crippen LogP) is 4.33. The predicted molar refractivity (Wildman–Crippen MR) is 128 cm³/mol. The molecular formula is C24H26FN3O3S2. The van der Waals surface area contributed by atoms with Gasteiger partial charge in [-0.05, 0) is 85.3 Å². The van der Waals surface area contributed by atoms with Gasteiger partial charge in [-0.3, -0.25) is 14.4 Å². The number of hydrogen-bond donors (Lipinski definition) is 2. The summed E-state index contributed by atoms with van der Waals surface area (Å²) in [5, 5.41) is 5.10. The largest absolute Gasteiger partial charge is 0.352 e. The van der Waals surface area contributed by atoms with Crippen LogP contribution in [0.5, 0.6) is 0 Å². The lowest BCUT2D eigenvalue weighted by Crippen LogP contribution is -2.40. The van der Waals surface area contributed by atoms with Crippen molar-refractivity contribution in [1.29, 1.82) is 0 Å². The maximum atomic E-state index is 13.0. The number of rotatable bonds is 8. The standard InChI is InChI=1S/C24H26FN3O3S2/c25-20-7-11-23(12-8-20)33(30,31)27-21-9-5-19(6-10-21)24(29)26-15-18-3-1-13-28(16-18)17-22-4-2-14-32-22/h2,4-12,14,18,27H,1,3,13,15-17H2,(H,26,29). The molecule has 6 nitrogen and oxygen atoms in total. The highest BCUT2D eigenvalue weighted by molar-refractivity contribution is 7.92. The zero-order valence-corrected chi connectivity index (χ0v) is 19.7. The number of anilines is 1. The van der Waals surface area contributed by atoms with E-state index in [4.69, 9.17) is 0 Å². The van der Waals surface area contributed by atoms with Crippen LogP contribution in [0.3, 0.4) is 0 Å². The van der Waals surface area contributed by atoms with Crippen molar-refractivity contribution in [2.24, 2.45) is 5.92 Å². The van der Waals surface area contributed by atoms with Crippen molar-refractivity contribution in [3.05, 3.63) is 82.3 Å². The second kappa shape index (κ2) is 10.5. The molecule has 9 heteroatoms. The molecule has 2 aromatic carbocycles. The lowest BCUT2D eigenvalue weighted by Gasteiger charge is -2.32. The summed E-state index contributed by atoms with van der Waals surface area (Å²) in [6, 6.07) is 15.1. The highest BCUT2D eigenvalue weighted by Gasteiger charge is 2.21. The van der Waals surface area contributed by atoms with Crippen LogP contribution in [-0.2, 0) is 16.6 Å². The van der Waals surface area contributed by atoms with E-state index in [1.54, 1.807) is 35.6 Å². The van der Waals surface area contributed by atoms with Gasteiger partial charge in [-0.2, -0.15) is 0 Å². The van der Waals surface area contributed by atoms with Crippen LogP contribution in [0, 0.1) is 11.7 Å². The number of halogens is 1. The maximum Gasteiger partial charge on any atom is 0.261 e. The monoisotopic (exact) mass is 487 g/mol. The second-order valence-corrected chi connectivity index (χ2v) is 10.9. The van der Waals surface area contributed by atoms with Gasteiger partial charge in [-0.15, -0.1) is 11.3 Å². The topological polar surface area (TPSA) is 78.5 Å². The van der Waals surface area contributed by atoms with Crippen LogP contribution in [0.1, 0.15) is 28.1 Å². The molecule has 0 radical (unpaired) electrons. The summed E-state index contributed by atoms with van der Waals surface area (Å²) < 4.78 is 40.3. The molecule has 2 N–H and O–H groups in total. The molecule has 2 heterocycles. The molecule has 174 valence electrons. The van der Waals surface area contributed by atoms with Crippen LogP contribution in [0.4, 0.5) is 10.1 Å². The number of nitrogens with zero attached hydrogens (tertiary/aromatic N) is 1. The number of piperidine rings is 1. The minimum atomic E-state index is -3.83. The van der Waals surface area contributed by atoms with Gasteiger partial charge in [-0.1, -0.05) is 6.07 Å². The van der Waals surface area contributed by atoms with E-state index in [2.05, 4.69) is 32.5 Å². The van der Waals surface area contributed by atoms with Crippen LogP contribution in [-0.4, -0.2) is 38.9 Å². The molecule has 1 atom stereocenters. The normalized spacial score (nSPS) is 16.9. The molecule has 3 aromatic rings. The third kappa shape index (κ3) is 6.40. The maximum absolute atomic E-state index is 13.0. The molecule has 0 bridgehead atoms. The SMILES string of the molecule is O=C(NCC1CCCN(Cc2cccs2)C1)c1ccc(NS(=O)(=O)c2ccc(F)cc2)cc1. The number of likely N-dealkylation sites (tertiary alicyclic amines) is 1. The van der Waals surface area contributed by atoms with Crippen LogP contribution in [0.15, 0.2) is 70.9 Å². The van der Waals surface area contributed by atoms with Crippen LogP contribution < -0.4 is 10.0 Å². The van der Waals surface area contributed by atoms with Gasteiger partial charge in [-0.25, -0.2) is 12.8 Å².